The summed E-state index contributed by atoms with van der Waals surface area (Å²) in [4.78, 5) is 12.9. The molecule has 0 fully saturated rings. The topological polar surface area (TPSA) is 58.9 Å². The highest BCUT2D eigenvalue weighted by Crippen LogP contribution is 2.18. The van der Waals surface area contributed by atoms with Crippen molar-refractivity contribution in [3.8, 4) is 0 Å². The molecule has 0 bridgehead atoms. The fourth-order valence-corrected chi connectivity index (χ4v) is 1.15. The monoisotopic (exact) mass is 178 g/mol. The van der Waals surface area contributed by atoms with E-state index in [0.717, 1.165) is 10.9 Å². The van der Waals surface area contributed by atoms with Crippen LogP contribution in [0, 0.1) is 10.1 Å². The van der Waals surface area contributed by atoms with Gasteiger partial charge in [0.1, 0.15) is 0 Å². The number of nitro groups is 1. The molecule has 0 unspecified atom stereocenters. The molecule has 2 aromatic rings. The lowest BCUT2D eigenvalue weighted by Crippen LogP contribution is -1.86. The second-order valence-corrected chi connectivity index (χ2v) is 2.51. The maximum absolute atomic E-state index is 10.4. The van der Waals surface area contributed by atoms with Gasteiger partial charge in [0.25, 0.3) is 5.69 Å². The number of aromatic nitrogens is 1. The van der Waals surface area contributed by atoms with Crippen molar-refractivity contribution in [2.24, 2.45) is 0 Å². The Kier molecular flexibility index (Phi) is 2.32. The predicted octanol–water partition coefficient (Wildman–Crippen LogP) is 2.71. The standard InChI is InChI=1S/C8H6N2O2.CH4/c11-10(12)7-1-2-8-6(5-7)3-4-9-8;/h1-5,9H;1H4. The molecule has 0 spiro atoms. The lowest BCUT2D eigenvalue weighted by Gasteiger charge is -1.90. The second-order valence-electron chi connectivity index (χ2n) is 2.51. The highest BCUT2D eigenvalue weighted by Gasteiger charge is 2.05. The van der Waals surface area contributed by atoms with Crippen molar-refractivity contribution in [3.63, 3.8) is 0 Å². The number of H-pyrrole nitrogens is 1. The predicted molar refractivity (Wildman–Crippen MR) is 51.7 cm³/mol. The zero-order valence-corrected chi connectivity index (χ0v) is 6.15. The number of aromatic amines is 1. The Bertz CT molecular complexity index is 434. The number of nitrogens with zero attached hydrogens (tertiary/aromatic N) is 1. The molecule has 1 heterocycles. The number of benzene rings is 1. The van der Waals surface area contributed by atoms with E-state index in [1.54, 1.807) is 18.3 Å². The minimum Gasteiger partial charge on any atom is -0.361 e. The van der Waals surface area contributed by atoms with Crippen LogP contribution >= 0.6 is 0 Å². The van der Waals surface area contributed by atoms with Gasteiger partial charge in [0, 0.05) is 29.2 Å². The Morgan fingerprint density at radius 3 is 2.77 bits per heavy atom. The van der Waals surface area contributed by atoms with E-state index >= 15 is 0 Å². The van der Waals surface area contributed by atoms with E-state index in [4.69, 9.17) is 0 Å². The van der Waals surface area contributed by atoms with Gasteiger partial charge >= 0.3 is 0 Å². The van der Waals surface area contributed by atoms with E-state index in [1.165, 1.54) is 6.07 Å². The van der Waals surface area contributed by atoms with Crippen molar-refractivity contribution in [2.45, 2.75) is 7.43 Å². The molecule has 0 saturated heterocycles. The molecule has 0 aliphatic carbocycles. The van der Waals surface area contributed by atoms with E-state index in [9.17, 15) is 10.1 Å². The second kappa shape index (κ2) is 3.26. The van der Waals surface area contributed by atoms with E-state index in [-0.39, 0.29) is 13.1 Å². The van der Waals surface area contributed by atoms with Crippen LogP contribution < -0.4 is 0 Å². The normalized spacial score (nSPS) is 9.54. The van der Waals surface area contributed by atoms with Gasteiger partial charge in [0.05, 0.1) is 4.92 Å². The molecule has 0 radical (unpaired) electrons. The quantitative estimate of drug-likeness (QED) is 0.539. The van der Waals surface area contributed by atoms with Crippen molar-refractivity contribution < 1.29 is 4.92 Å². The zero-order valence-electron chi connectivity index (χ0n) is 6.15. The first-order chi connectivity index (χ1) is 5.77. The highest BCUT2D eigenvalue weighted by atomic mass is 16.6. The average molecular weight is 178 g/mol. The van der Waals surface area contributed by atoms with Gasteiger partial charge in [0.15, 0.2) is 0 Å². The fourth-order valence-electron chi connectivity index (χ4n) is 1.15. The summed E-state index contributed by atoms with van der Waals surface area (Å²) in [5.41, 5.74) is 1.04. The summed E-state index contributed by atoms with van der Waals surface area (Å²) in [6, 6.07) is 6.54. The Morgan fingerprint density at radius 2 is 2.08 bits per heavy atom. The first-order valence-electron chi connectivity index (χ1n) is 3.49. The number of nitro benzene ring substituents is 1. The van der Waals surface area contributed by atoms with E-state index in [2.05, 4.69) is 4.98 Å². The van der Waals surface area contributed by atoms with Gasteiger partial charge in [-0.05, 0) is 12.1 Å². The van der Waals surface area contributed by atoms with Crippen LogP contribution in [-0.2, 0) is 0 Å². The first kappa shape index (κ1) is 9.25. The SMILES string of the molecule is C.O=[N+]([O-])c1ccc2[nH]ccc2c1. The van der Waals surface area contributed by atoms with Gasteiger partial charge in [-0.25, -0.2) is 0 Å². The molecule has 4 nitrogen and oxygen atoms in total. The van der Waals surface area contributed by atoms with Crippen LogP contribution in [-0.4, -0.2) is 9.91 Å². The summed E-state index contributed by atoms with van der Waals surface area (Å²) in [5, 5.41) is 11.2. The molecule has 0 atom stereocenters. The Labute approximate surface area is 75.3 Å². The molecule has 0 aliphatic heterocycles. The number of non-ortho nitro benzene ring substituents is 1. The minimum atomic E-state index is -0.396. The summed E-state index contributed by atoms with van der Waals surface area (Å²) in [7, 11) is 0. The van der Waals surface area contributed by atoms with Crippen LogP contribution in [0.4, 0.5) is 5.69 Å². The Balaban J connectivity index is 0.000000845. The number of hydrogen-bond acceptors (Lipinski definition) is 2. The van der Waals surface area contributed by atoms with Crippen molar-refractivity contribution in [3.05, 3.63) is 40.6 Å². The molecule has 1 N–H and O–H groups in total. The molecule has 1 aromatic heterocycles. The third-order valence-corrected chi connectivity index (χ3v) is 1.75. The first-order valence-corrected chi connectivity index (χ1v) is 3.49. The molecule has 1 aromatic carbocycles. The lowest BCUT2D eigenvalue weighted by atomic mass is 10.2. The van der Waals surface area contributed by atoms with Crippen LogP contribution in [0.25, 0.3) is 10.9 Å². The molecule has 0 amide bonds. The van der Waals surface area contributed by atoms with E-state index in [0.29, 0.717) is 0 Å². The van der Waals surface area contributed by atoms with Crippen molar-refractivity contribution in [1.82, 2.24) is 4.98 Å². The number of rotatable bonds is 1. The van der Waals surface area contributed by atoms with Gasteiger partial charge in [-0.1, -0.05) is 7.43 Å². The van der Waals surface area contributed by atoms with Gasteiger partial charge in [0.2, 0.25) is 0 Å². The Morgan fingerprint density at radius 1 is 1.31 bits per heavy atom. The van der Waals surface area contributed by atoms with Crippen LogP contribution in [0.15, 0.2) is 30.5 Å². The molecule has 68 valence electrons. The lowest BCUT2D eigenvalue weighted by molar-refractivity contribution is -0.384. The number of hydrogen-bond donors (Lipinski definition) is 1. The molecule has 4 heteroatoms. The van der Waals surface area contributed by atoms with Crippen LogP contribution in [0.2, 0.25) is 0 Å². The summed E-state index contributed by atoms with van der Waals surface area (Å²) >= 11 is 0. The maximum atomic E-state index is 10.4. The van der Waals surface area contributed by atoms with Crippen LogP contribution in [0.3, 0.4) is 0 Å². The van der Waals surface area contributed by atoms with Gasteiger partial charge in [-0.2, -0.15) is 0 Å². The van der Waals surface area contributed by atoms with Gasteiger partial charge in [-0.15, -0.1) is 0 Å². The van der Waals surface area contributed by atoms with Crippen molar-refractivity contribution in [2.75, 3.05) is 0 Å². The molecular weight excluding hydrogens is 168 g/mol. The molecule has 0 saturated carbocycles. The van der Waals surface area contributed by atoms with E-state index in [1.807, 2.05) is 6.07 Å². The highest BCUT2D eigenvalue weighted by molar-refractivity contribution is 5.81. The van der Waals surface area contributed by atoms with Gasteiger partial charge < -0.3 is 4.98 Å². The van der Waals surface area contributed by atoms with E-state index < -0.39 is 4.92 Å². The third kappa shape index (κ3) is 1.51. The molecule has 2 rings (SSSR count). The molecule has 13 heavy (non-hydrogen) atoms. The molecular formula is C9H10N2O2. The molecule has 0 aliphatic rings. The summed E-state index contributed by atoms with van der Waals surface area (Å²) in [5.74, 6) is 0. The number of fused-ring (bicyclic) bond motifs is 1. The smallest absolute Gasteiger partial charge is 0.270 e. The largest absolute Gasteiger partial charge is 0.361 e. The number of nitrogens with one attached hydrogen (secondary N) is 1. The Hall–Kier alpha value is -1.84. The van der Waals surface area contributed by atoms with Crippen LogP contribution in [0.1, 0.15) is 7.43 Å². The van der Waals surface area contributed by atoms with Crippen molar-refractivity contribution >= 4 is 16.6 Å². The van der Waals surface area contributed by atoms with Crippen molar-refractivity contribution in [1.29, 1.82) is 0 Å². The van der Waals surface area contributed by atoms with Crippen LogP contribution in [0.5, 0.6) is 0 Å². The maximum Gasteiger partial charge on any atom is 0.270 e. The van der Waals surface area contributed by atoms with Gasteiger partial charge in [-0.3, -0.25) is 10.1 Å². The summed E-state index contributed by atoms with van der Waals surface area (Å²) in [6.07, 6.45) is 1.76. The fraction of sp³-hybridized carbons (Fsp3) is 0.111. The minimum absolute atomic E-state index is 0. The summed E-state index contributed by atoms with van der Waals surface area (Å²) in [6.45, 7) is 0. The summed E-state index contributed by atoms with van der Waals surface area (Å²) < 4.78 is 0. The third-order valence-electron chi connectivity index (χ3n) is 1.75. The average Bonchev–Trinajstić information content (AvgIpc) is 2.49. The zero-order chi connectivity index (χ0) is 8.55.